The van der Waals surface area contributed by atoms with E-state index in [1.54, 1.807) is 30.3 Å². The first-order chi connectivity index (χ1) is 11.6. The van der Waals surface area contributed by atoms with Gasteiger partial charge in [-0.15, -0.1) is 0 Å². The van der Waals surface area contributed by atoms with E-state index in [0.717, 1.165) is 0 Å². The van der Waals surface area contributed by atoms with E-state index < -0.39 is 11.8 Å². The van der Waals surface area contributed by atoms with E-state index in [2.05, 4.69) is 16.2 Å². The molecule has 9 heteroatoms. The van der Waals surface area contributed by atoms with Crippen molar-refractivity contribution in [1.82, 2.24) is 16.2 Å². The quantitative estimate of drug-likeness (QED) is 0.417. The summed E-state index contributed by atoms with van der Waals surface area (Å²) in [6.45, 7) is -0.341. The summed E-state index contributed by atoms with van der Waals surface area (Å²) in [5.74, 6) is -0.733. The Morgan fingerprint density at radius 2 is 1.96 bits per heavy atom. The molecule has 0 aliphatic rings. The predicted molar refractivity (Wildman–Crippen MR) is 87.4 cm³/mol. The second-order valence-electron chi connectivity index (χ2n) is 4.38. The molecule has 0 saturated carbocycles. The van der Waals surface area contributed by atoms with Gasteiger partial charge >= 0.3 is 0 Å². The Morgan fingerprint density at radius 1 is 1.17 bits per heavy atom. The molecule has 1 aromatic heterocycles. The minimum Gasteiger partial charge on any atom is -0.483 e. The fourth-order valence-electron chi connectivity index (χ4n) is 1.62. The number of rotatable bonds is 5. The molecule has 1 heterocycles. The lowest BCUT2D eigenvalue weighted by Gasteiger charge is -2.11. The highest BCUT2D eigenvalue weighted by molar-refractivity contribution is 7.80. The maximum atomic E-state index is 11.7. The highest BCUT2D eigenvalue weighted by atomic mass is 32.1. The van der Waals surface area contributed by atoms with E-state index in [4.69, 9.17) is 21.4 Å². The molecule has 2 aromatic rings. The molecule has 0 radical (unpaired) electrons. The number of hydrazine groups is 1. The second kappa shape index (κ2) is 8.44. The molecule has 0 fully saturated rings. The third-order valence-corrected chi connectivity index (χ3v) is 2.90. The van der Waals surface area contributed by atoms with Gasteiger partial charge in [-0.2, -0.15) is 0 Å². The molecule has 2 rings (SSSR count). The summed E-state index contributed by atoms with van der Waals surface area (Å²) in [5, 5.41) is 2.20. The first-order valence-electron chi connectivity index (χ1n) is 6.71. The number of nitrogens with one attached hydrogen (secondary N) is 3. The van der Waals surface area contributed by atoms with Gasteiger partial charge in [-0.05, 0) is 36.5 Å². The Bertz CT molecular complexity index is 745. The monoisotopic (exact) mass is 347 g/mol. The van der Waals surface area contributed by atoms with Crippen molar-refractivity contribution in [3.63, 3.8) is 0 Å². The van der Waals surface area contributed by atoms with Crippen LogP contribution >= 0.6 is 12.2 Å². The SMILES string of the molecule is O=Cc1ccccc1OCC(=O)NNC(=S)NC(=O)c1ccco1. The third-order valence-electron chi connectivity index (χ3n) is 2.69. The first kappa shape index (κ1) is 17.2. The van der Waals surface area contributed by atoms with Gasteiger partial charge in [0.1, 0.15) is 5.75 Å². The van der Waals surface area contributed by atoms with Gasteiger partial charge in [-0.3, -0.25) is 30.6 Å². The van der Waals surface area contributed by atoms with Gasteiger partial charge in [-0.1, -0.05) is 12.1 Å². The van der Waals surface area contributed by atoms with Gasteiger partial charge in [-0.25, -0.2) is 0 Å². The molecule has 0 bridgehead atoms. The standard InChI is InChI=1S/C15H13N3O5S/c19-8-10-4-1-2-5-11(10)23-9-13(20)17-18-15(24)16-14(21)12-6-3-7-22-12/h1-8H,9H2,(H,17,20)(H2,16,18,21,24). The van der Waals surface area contributed by atoms with Crippen molar-refractivity contribution in [1.29, 1.82) is 0 Å². The number of aldehydes is 1. The zero-order valence-electron chi connectivity index (χ0n) is 12.3. The lowest BCUT2D eigenvalue weighted by Crippen LogP contribution is -2.49. The number of benzene rings is 1. The Hall–Kier alpha value is -3.20. The highest BCUT2D eigenvalue weighted by Crippen LogP contribution is 2.15. The molecule has 8 nitrogen and oxygen atoms in total. The minimum absolute atomic E-state index is 0.0827. The summed E-state index contributed by atoms with van der Waals surface area (Å²) < 4.78 is 10.1. The van der Waals surface area contributed by atoms with Crippen LogP contribution in [0.3, 0.4) is 0 Å². The van der Waals surface area contributed by atoms with Crippen LogP contribution in [0.2, 0.25) is 0 Å². The van der Waals surface area contributed by atoms with Crippen molar-refractivity contribution in [3.8, 4) is 5.75 Å². The van der Waals surface area contributed by atoms with Crippen LogP contribution in [-0.4, -0.2) is 29.8 Å². The number of hydrogen-bond acceptors (Lipinski definition) is 6. The van der Waals surface area contributed by atoms with E-state index >= 15 is 0 Å². The van der Waals surface area contributed by atoms with Gasteiger partial charge < -0.3 is 9.15 Å². The first-order valence-corrected chi connectivity index (χ1v) is 7.11. The summed E-state index contributed by atoms with van der Waals surface area (Å²) in [7, 11) is 0. The highest BCUT2D eigenvalue weighted by Gasteiger charge is 2.11. The van der Waals surface area contributed by atoms with Crippen molar-refractivity contribution >= 4 is 35.4 Å². The Balaban J connectivity index is 1.73. The summed E-state index contributed by atoms with van der Waals surface area (Å²) in [6.07, 6.45) is 1.98. The number of thiocarbonyl (C=S) groups is 1. The molecule has 1 aromatic carbocycles. The number of amides is 2. The van der Waals surface area contributed by atoms with E-state index in [-0.39, 0.29) is 23.2 Å². The maximum absolute atomic E-state index is 11.7. The minimum atomic E-state index is -0.553. The van der Waals surface area contributed by atoms with Crippen LogP contribution in [0.4, 0.5) is 0 Å². The number of carbonyl (C=O) groups is 3. The summed E-state index contributed by atoms with van der Waals surface area (Å²) in [4.78, 5) is 34.1. The van der Waals surface area contributed by atoms with Gasteiger partial charge in [0.2, 0.25) is 0 Å². The van der Waals surface area contributed by atoms with Crippen LogP contribution in [0.15, 0.2) is 47.1 Å². The van der Waals surface area contributed by atoms with Crippen LogP contribution < -0.4 is 20.9 Å². The molecule has 3 N–H and O–H groups in total. The smallest absolute Gasteiger partial charge is 0.293 e. The molecule has 0 unspecified atom stereocenters. The Kier molecular flexibility index (Phi) is 6.03. The number of hydrogen-bond donors (Lipinski definition) is 3. The summed E-state index contributed by atoms with van der Waals surface area (Å²) in [6, 6.07) is 9.52. The lowest BCUT2D eigenvalue weighted by atomic mass is 10.2. The van der Waals surface area contributed by atoms with Crippen LogP contribution in [0.5, 0.6) is 5.75 Å². The maximum Gasteiger partial charge on any atom is 0.293 e. The number of carbonyl (C=O) groups excluding carboxylic acids is 3. The largest absolute Gasteiger partial charge is 0.483 e. The van der Waals surface area contributed by atoms with Crippen molar-refractivity contribution in [3.05, 3.63) is 54.0 Å². The van der Waals surface area contributed by atoms with Crippen molar-refractivity contribution in [2.24, 2.45) is 0 Å². The lowest BCUT2D eigenvalue weighted by molar-refractivity contribution is -0.123. The average Bonchev–Trinajstić information content (AvgIpc) is 3.13. The number of ether oxygens (including phenoxy) is 1. The molecule has 0 saturated heterocycles. The summed E-state index contributed by atoms with van der Waals surface area (Å²) >= 11 is 4.85. The zero-order chi connectivity index (χ0) is 17.4. The van der Waals surface area contributed by atoms with Crippen LogP contribution in [0.1, 0.15) is 20.9 Å². The molecule has 2 amide bonds. The fraction of sp³-hybridized carbons (Fsp3) is 0.0667. The van der Waals surface area contributed by atoms with Crippen LogP contribution in [0.25, 0.3) is 0 Å². The number of para-hydroxylation sites is 1. The van der Waals surface area contributed by atoms with E-state index in [1.807, 2.05) is 0 Å². The Labute approximate surface area is 142 Å². The van der Waals surface area contributed by atoms with Crippen molar-refractivity contribution in [2.75, 3.05) is 6.61 Å². The molecule has 124 valence electrons. The van der Waals surface area contributed by atoms with Gasteiger partial charge in [0.25, 0.3) is 11.8 Å². The van der Waals surface area contributed by atoms with Crippen LogP contribution in [-0.2, 0) is 4.79 Å². The molecule has 24 heavy (non-hydrogen) atoms. The number of furan rings is 1. The van der Waals surface area contributed by atoms with E-state index in [1.165, 1.54) is 12.3 Å². The topological polar surface area (TPSA) is 110 Å². The van der Waals surface area contributed by atoms with Crippen LogP contribution in [0, 0.1) is 0 Å². The molecular weight excluding hydrogens is 334 g/mol. The third kappa shape index (κ3) is 4.92. The van der Waals surface area contributed by atoms with E-state index in [9.17, 15) is 14.4 Å². The van der Waals surface area contributed by atoms with E-state index in [0.29, 0.717) is 11.8 Å². The Morgan fingerprint density at radius 3 is 2.67 bits per heavy atom. The summed E-state index contributed by atoms with van der Waals surface area (Å²) in [5.41, 5.74) is 4.93. The molecule has 0 aliphatic carbocycles. The molecule has 0 atom stereocenters. The fourth-order valence-corrected chi connectivity index (χ4v) is 1.76. The predicted octanol–water partition coefficient (Wildman–Crippen LogP) is 0.807. The van der Waals surface area contributed by atoms with Crippen molar-refractivity contribution in [2.45, 2.75) is 0 Å². The van der Waals surface area contributed by atoms with Gasteiger partial charge in [0.15, 0.2) is 23.8 Å². The van der Waals surface area contributed by atoms with Gasteiger partial charge in [0.05, 0.1) is 11.8 Å². The molecule has 0 aliphatic heterocycles. The average molecular weight is 347 g/mol. The molecular formula is C15H13N3O5S. The van der Waals surface area contributed by atoms with Gasteiger partial charge in [0, 0.05) is 0 Å². The molecule has 0 spiro atoms. The van der Waals surface area contributed by atoms with Crippen molar-refractivity contribution < 1.29 is 23.5 Å². The normalized spacial score (nSPS) is 9.67. The second-order valence-corrected chi connectivity index (χ2v) is 4.79. The zero-order valence-corrected chi connectivity index (χ0v) is 13.1.